The third-order valence-electron chi connectivity index (χ3n) is 3.59. The summed E-state index contributed by atoms with van der Waals surface area (Å²) in [6.07, 6.45) is 3.61. The molecule has 0 fully saturated rings. The first-order valence-electron chi connectivity index (χ1n) is 6.89. The topological polar surface area (TPSA) is 26.0 Å². The smallest absolute Gasteiger partial charge is 0.133 e. The molecule has 2 heteroatoms. The fourth-order valence-electron chi connectivity index (χ4n) is 2.52. The Kier molecular flexibility index (Phi) is 2.79. The minimum Gasteiger partial charge on any atom is -0.464 e. The third-order valence-corrected chi connectivity index (χ3v) is 3.59. The van der Waals surface area contributed by atoms with E-state index in [1.165, 1.54) is 0 Å². The zero-order chi connectivity index (χ0) is 14.1. The molecule has 0 saturated carbocycles. The summed E-state index contributed by atoms with van der Waals surface area (Å²) in [5, 5.41) is 1.15. The number of hydrogen-bond acceptors (Lipinski definition) is 2. The van der Waals surface area contributed by atoms with Crippen molar-refractivity contribution in [2.45, 2.75) is 0 Å². The van der Waals surface area contributed by atoms with Crippen molar-refractivity contribution >= 4 is 10.9 Å². The Bertz CT molecular complexity index is 894. The van der Waals surface area contributed by atoms with Crippen molar-refractivity contribution in [2.75, 3.05) is 0 Å². The lowest BCUT2D eigenvalue weighted by molar-refractivity contribution is 0.582. The van der Waals surface area contributed by atoms with Gasteiger partial charge in [-0.15, -0.1) is 0 Å². The molecular weight excluding hydrogens is 258 g/mol. The van der Waals surface area contributed by atoms with E-state index in [-0.39, 0.29) is 0 Å². The molecule has 0 amide bonds. The van der Waals surface area contributed by atoms with Crippen molar-refractivity contribution < 1.29 is 4.42 Å². The molecule has 4 aromatic rings. The highest BCUT2D eigenvalue weighted by atomic mass is 16.3. The summed E-state index contributed by atoms with van der Waals surface area (Å²) in [7, 11) is 0. The minimum atomic E-state index is 0.880. The van der Waals surface area contributed by atoms with Crippen LogP contribution in [0.15, 0.2) is 83.6 Å². The van der Waals surface area contributed by atoms with E-state index in [2.05, 4.69) is 35.3 Å². The Morgan fingerprint density at radius 3 is 2.52 bits per heavy atom. The van der Waals surface area contributed by atoms with E-state index in [0.29, 0.717) is 0 Å². The van der Waals surface area contributed by atoms with Gasteiger partial charge in [-0.05, 0) is 35.9 Å². The van der Waals surface area contributed by atoms with Crippen LogP contribution in [-0.4, -0.2) is 4.98 Å². The molecule has 4 rings (SSSR count). The number of aromatic nitrogens is 1. The monoisotopic (exact) mass is 271 g/mol. The first kappa shape index (κ1) is 11.9. The van der Waals surface area contributed by atoms with E-state index in [1.54, 1.807) is 6.26 Å². The normalized spacial score (nSPS) is 10.9. The van der Waals surface area contributed by atoms with Gasteiger partial charge in [0.15, 0.2) is 0 Å². The summed E-state index contributed by atoms with van der Waals surface area (Å²) in [5.41, 5.74) is 4.35. The van der Waals surface area contributed by atoms with Crippen LogP contribution in [0.3, 0.4) is 0 Å². The van der Waals surface area contributed by atoms with Gasteiger partial charge in [-0.1, -0.05) is 36.4 Å². The summed E-state index contributed by atoms with van der Waals surface area (Å²) in [5.74, 6) is 0.880. The lowest BCUT2D eigenvalue weighted by Gasteiger charge is -2.05. The number of rotatable bonds is 2. The zero-order valence-electron chi connectivity index (χ0n) is 11.4. The molecule has 2 aromatic heterocycles. The Hall–Kier alpha value is -2.87. The van der Waals surface area contributed by atoms with Crippen LogP contribution >= 0.6 is 0 Å². The minimum absolute atomic E-state index is 0.880. The zero-order valence-corrected chi connectivity index (χ0v) is 11.4. The summed E-state index contributed by atoms with van der Waals surface area (Å²) < 4.78 is 5.47. The molecule has 21 heavy (non-hydrogen) atoms. The van der Waals surface area contributed by atoms with Crippen molar-refractivity contribution in [1.82, 2.24) is 4.98 Å². The van der Waals surface area contributed by atoms with Crippen LogP contribution in [0.4, 0.5) is 0 Å². The van der Waals surface area contributed by atoms with E-state index in [1.807, 2.05) is 42.6 Å². The molecule has 0 bridgehead atoms. The highest BCUT2D eigenvalue weighted by Crippen LogP contribution is 2.27. The third kappa shape index (κ3) is 2.21. The maximum atomic E-state index is 5.47. The number of benzene rings is 2. The van der Waals surface area contributed by atoms with E-state index >= 15 is 0 Å². The van der Waals surface area contributed by atoms with Crippen molar-refractivity contribution in [3.63, 3.8) is 0 Å². The summed E-state index contributed by atoms with van der Waals surface area (Å²) in [6.45, 7) is 0. The molecular formula is C19H13NO. The predicted octanol–water partition coefficient (Wildman–Crippen LogP) is 5.16. The number of para-hydroxylation sites is 1. The SMILES string of the molecule is c1cc(-c2cnc3ccccc3c2)cc(-c2ccco2)c1. The van der Waals surface area contributed by atoms with Crippen molar-refractivity contribution in [1.29, 1.82) is 0 Å². The molecule has 0 aliphatic heterocycles. The highest BCUT2D eigenvalue weighted by Gasteiger charge is 2.04. The largest absolute Gasteiger partial charge is 0.464 e. The number of furan rings is 1. The van der Waals surface area contributed by atoms with E-state index in [9.17, 15) is 0 Å². The van der Waals surface area contributed by atoms with Gasteiger partial charge in [0.1, 0.15) is 5.76 Å². The quantitative estimate of drug-likeness (QED) is 0.503. The maximum absolute atomic E-state index is 5.47. The van der Waals surface area contributed by atoms with Crippen LogP contribution in [0.25, 0.3) is 33.4 Å². The van der Waals surface area contributed by atoms with Crippen LogP contribution in [0, 0.1) is 0 Å². The molecule has 0 spiro atoms. The van der Waals surface area contributed by atoms with Gasteiger partial charge >= 0.3 is 0 Å². The van der Waals surface area contributed by atoms with Crippen LogP contribution in [0.5, 0.6) is 0 Å². The molecule has 0 aliphatic rings. The van der Waals surface area contributed by atoms with Crippen LogP contribution < -0.4 is 0 Å². The molecule has 100 valence electrons. The van der Waals surface area contributed by atoms with Gasteiger partial charge in [-0.2, -0.15) is 0 Å². The Morgan fingerprint density at radius 2 is 1.62 bits per heavy atom. The molecule has 2 nitrogen and oxygen atoms in total. The van der Waals surface area contributed by atoms with Crippen molar-refractivity contribution in [2.24, 2.45) is 0 Å². The fraction of sp³-hybridized carbons (Fsp3) is 0. The average molecular weight is 271 g/mol. The standard InChI is InChI=1S/C19H13NO/c1-2-8-18-15(5-1)12-17(13-20-18)14-6-3-7-16(11-14)19-9-4-10-21-19/h1-13H. The number of pyridine rings is 1. The Morgan fingerprint density at radius 1 is 0.714 bits per heavy atom. The second-order valence-corrected chi connectivity index (χ2v) is 4.97. The molecule has 2 heterocycles. The number of fused-ring (bicyclic) bond motifs is 1. The molecule has 0 saturated heterocycles. The number of nitrogens with zero attached hydrogens (tertiary/aromatic N) is 1. The lowest BCUT2D eigenvalue weighted by Crippen LogP contribution is -1.83. The van der Waals surface area contributed by atoms with Gasteiger partial charge in [-0.3, -0.25) is 4.98 Å². The summed E-state index contributed by atoms with van der Waals surface area (Å²) in [6, 6.07) is 22.5. The van der Waals surface area contributed by atoms with Crippen LogP contribution in [0.2, 0.25) is 0 Å². The predicted molar refractivity (Wildman–Crippen MR) is 84.9 cm³/mol. The number of hydrogen-bond donors (Lipinski definition) is 0. The highest BCUT2D eigenvalue weighted by molar-refractivity contribution is 5.84. The first-order chi connectivity index (χ1) is 10.4. The Labute approximate surface area is 122 Å². The first-order valence-corrected chi connectivity index (χ1v) is 6.89. The average Bonchev–Trinajstić information content (AvgIpc) is 3.09. The molecule has 2 aromatic carbocycles. The van der Waals surface area contributed by atoms with E-state index in [4.69, 9.17) is 4.42 Å². The second kappa shape index (κ2) is 4.91. The van der Waals surface area contributed by atoms with E-state index < -0.39 is 0 Å². The summed E-state index contributed by atoms with van der Waals surface area (Å²) >= 11 is 0. The molecule has 0 atom stereocenters. The van der Waals surface area contributed by atoms with Crippen LogP contribution in [0.1, 0.15) is 0 Å². The van der Waals surface area contributed by atoms with Gasteiger partial charge in [0.25, 0.3) is 0 Å². The van der Waals surface area contributed by atoms with Gasteiger partial charge in [0, 0.05) is 22.7 Å². The van der Waals surface area contributed by atoms with Gasteiger partial charge < -0.3 is 4.42 Å². The molecule has 0 N–H and O–H groups in total. The molecule has 0 radical (unpaired) electrons. The Balaban J connectivity index is 1.83. The molecule has 0 unspecified atom stereocenters. The van der Waals surface area contributed by atoms with E-state index in [0.717, 1.165) is 33.4 Å². The van der Waals surface area contributed by atoms with Crippen molar-refractivity contribution in [3.8, 4) is 22.5 Å². The van der Waals surface area contributed by atoms with Gasteiger partial charge in [0.05, 0.1) is 11.8 Å². The summed E-state index contributed by atoms with van der Waals surface area (Å²) in [4.78, 5) is 4.53. The molecule has 0 aliphatic carbocycles. The maximum Gasteiger partial charge on any atom is 0.133 e. The van der Waals surface area contributed by atoms with Gasteiger partial charge in [-0.25, -0.2) is 0 Å². The second-order valence-electron chi connectivity index (χ2n) is 4.97. The fourth-order valence-corrected chi connectivity index (χ4v) is 2.52. The lowest BCUT2D eigenvalue weighted by atomic mass is 10.0. The van der Waals surface area contributed by atoms with Crippen LogP contribution in [-0.2, 0) is 0 Å². The van der Waals surface area contributed by atoms with Gasteiger partial charge in [0.2, 0.25) is 0 Å². The van der Waals surface area contributed by atoms with Crippen molar-refractivity contribution in [3.05, 3.63) is 79.2 Å².